The van der Waals surface area contributed by atoms with Crippen LogP contribution in [0, 0.1) is 5.92 Å². The smallest absolute Gasteiger partial charge is 0.313 e. The molecule has 0 saturated heterocycles. The van der Waals surface area contributed by atoms with Crippen molar-refractivity contribution in [2.45, 2.75) is 26.4 Å². The number of carbonyl (C=O) groups is 2. The van der Waals surface area contributed by atoms with Crippen molar-refractivity contribution >= 4 is 28.8 Å². The molecular weight excluding hydrogens is 324 g/mol. The van der Waals surface area contributed by atoms with Crippen LogP contribution in [-0.2, 0) is 9.59 Å². The molecule has 2 unspecified atom stereocenters. The van der Waals surface area contributed by atoms with Gasteiger partial charge < -0.3 is 15.7 Å². The highest BCUT2D eigenvalue weighted by Crippen LogP contribution is 2.26. The van der Waals surface area contributed by atoms with Crippen molar-refractivity contribution in [1.82, 2.24) is 5.32 Å². The second kappa shape index (κ2) is 8.61. The van der Waals surface area contributed by atoms with E-state index in [0.29, 0.717) is 5.69 Å². The van der Waals surface area contributed by atoms with E-state index in [1.54, 1.807) is 17.4 Å². The van der Waals surface area contributed by atoms with E-state index in [-0.39, 0.29) is 12.5 Å². The van der Waals surface area contributed by atoms with Gasteiger partial charge in [-0.15, -0.1) is 11.3 Å². The molecule has 2 amide bonds. The van der Waals surface area contributed by atoms with Gasteiger partial charge in [-0.1, -0.05) is 38.5 Å². The monoisotopic (exact) mass is 346 g/mol. The molecule has 1 aromatic heterocycles. The summed E-state index contributed by atoms with van der Waals surface area (Å²) in [6, 6.07) is 11.3. The third-order valence-corrected chi connectivity index (χ3v) is 4.82. The number of thiophene rings is 1. The molecule has 6 heteroatoms. The molecule has 2 aromatic rings. The molecule has 128 valence electrons. The van der Waals surface area contributed by atoms with Crippen LogP contribution in [0.25, 0.3) is 10.4 Å². The molecule has 1 heterocycles. The minimum atomic E-state index is -0.751. The summed E-state index contributed by atoms with van der Waals surface area (Å²) in [6.45, 7) is 3.92. The van der Waals surface area contributed by atoms with Crippen LogP contribution >= 0.6 is 11.3 Å². The molecule has 0 saturated carbocycles. The van der Waals surface area contributed by atoms with Crippen LogP contribution in [0.15, 0.2) is 41.8 Å². The van der Waals surface area contributed by atoms with Crippen molar-refractivity contribution in [2.24, 2.45) is 5.92 Å². The molecule has 0 aliphatic carbocycles. The number of aliphatic hydroxyl groups excluding tert-OH is 1. The summed E-state index contributed by atoms with van der Waals surface area (Å²) in [4.78, 5) is 24.9. The summed E-state index contributed by atoms with van der Waals surface area (Å²) in [6.07, 6.45) is 0.146. The number of aliphatic hydroxyl groups is 1. The Kier molecular flexibility index (Phi) is 6.52. The first kappa shape index (κ1) is 18.2. The molecule has 1 aromatic carbocycles. The zero-order chi connectivity index (χ0) is 17.5. The van der Waals surface area contributed by atoms with Gasteiger partial charge in [-0.3, -0.25) is 9.59 Å². The van der Waals surface area contributed by atoms with E-state index >= 15 is 0 Å². The fourth-order valence-electron chi connectivity index (χ4n) is 2.13. The molecule has 0 spiro atoms. The number of amides is 2. The van der Waals surface area contributed by atoms with Gasteiger partial charge in [-0.25, -0.2) is 0 Å². The number of hydrogen-bond donors (Lipinski definition) is 3. The number of benzene rings is 1. The van der Waals surface area contributed by atoms with Gasteiger partial charge in [0.1, 0.15) is 0 Å². The van der Waals surface area contributed by atoms with Crippen LogP contribution in [0.1, 0.15) is 20.3 Å². The maximum atomic E-state index is 12.0. The van der Waals surface area contributed by atoms with Crippen molar-refractivity contribution in [2.75, 3.05) is 11.9 Å². The van der Waals surface area contributed by atoms with Gasteiger partial charge in [0.2, 0.25) is 0 Å². The Balaban J connectivity index is 1.92. The topological polar surface area (TPSA) is 78.4 Å². The summed E-state index contributed by atoms with van der Waals surface area (Å²) in [5, 5.41) is 16.9. The SMILES string of the molecule is CCC(C)C(O)CNC(=O)C(=O)Nc1cccc(-c2cccs2)c1. The summed E-state index contributed by atoms with van der Waals surface area (Å²) in [5.41, 5.74) is 1.54. The first-order valence-corrected chi connectivity index (χ1v) is 8.80. The van der Waals surface area contributed by atoms with Gasteiger partial charge in [0.15, 0.2) is 0 Å². The molecule has 5 nitrogen and oxygen atoms in total. The predicted molar refractivity (Wildman–Crippen MR) is 96.9 cm³/mol. The summed E-state index contributed by atoms with van der Waals surface area (Å²) in [5.74, 6) is -1.43. The minimum Gasteiger partial charge on any atom is -0.391 e. The maximum Gasteiger partial charge on any atom is 0.313 e. The third-order valence-electron chi connectivity index (χ3n) is 3.90. The predicted octanol–water partition coefficient (Wildman–Crippen LogP) is 2.88. The van der Waals surface area contributed by atoms with Crippen molar-refractivity contribution in [3.05, 3.63) is 41.8 Å². The van der Waals surface area contributed by atoms with Crippen molar-refractivity contribution in [3.8, 4) is 10.4 Å². The number of anilines is 1. The molecule has 2 atom stereocenters. The Morgan fingerprint density at radius 3 is 2.67 bits per heavy atom. The van der Waals surface area contributed by atoms with E-state index in [4.69, 9.17) is 0 Å². The van der Waals surface area contributed by atoms with Crippen LogP contribution < -0.4 is 10.6 Å². The van der Waals surface area contributed by atoms with Gasteiger partial charge in [0, 0.05) is 17.1 Å². The molecule has 0 radical (unpaired) electrons. The van der Waals surface area contributed by atoms with Gasteiger partial charge in [-0.2, -0.15) is 0 Å². The van der Waals surface area contributed by atoms with Gasteiger partial charge >= 0.3 is 11.8 Å². The van der Waals surface area contributed by atoms with Crippen LogP contribution in [0.4, 0.5) is 5.69 Å². The Bertz CT molecular complexity index is 685. The second-order valence-corrected chi connectivity index (χ2v) is 6.62. The average Bonchev–Trinajstić information content (AvgIpc) is 3.13. The van der Waals surface area contributed by atoms with E-state index in [9.17, 15) is 14.7 Å². The second-order valence-electron chi connectivity index (χ2n) is 5.68. The molecule has 0 bridgehead atoms. The van der Waals surface area contributed by atoms with Crippen LogP contribution in [0.5, 0.6) is 0 Å². The lowest BCUT2D eigenvalue weighted by molar-refractivity contribution is -0.136. The summed E-state index contributed by atoms with van der Waals surface area (Å²) < 4.78 is 0. The zero-order valence-corrected chi connectivity index (χ0v) is 14.6. The van der Waals surface area contributed by atoms with Gasteiger partial charge in [0.05, 0.1) is 6.10 Å². The van der Waals surface area contributed by atoms with Gasteiger partial charge in [-0.05, 0) is 35.1 Å². The van der Waals surface area contributed by atoms with Crippen molar-refractivity contribution in [1.29, 1.82) is 0 Å². The van der Waals surface area contributed by atoms with E-state index in [2.05, 4.69) is 10.6 Å². The highest BCUT2D eigenvalue weighted by Gasteiger charge is 2.17. The Morgan fingerprint density at radius 1 is 1.21 bits per heavy atom. The number of nitrogens with one attached hydrogen (secondary N) is 2. The number of carbonyl (C=O) groups excluding carboxylic acids is 2. The zero-order valence-electron chi connectivity index (χ0n) is 13.8. The Morgan fingerprint density at radius 2 is 2.00 bits per heavy atom. The Labute approximate surface area is 145 Å². The minimum absolute atomic E-state index is 0.0656. The lowest BCUT2D eigenvalue weighted by atomic mass is 10.0. The molecule has 0 aliphatic rings. The number of rotatable bonds is 6. The summed E-state index contributed by atoms with van der Waals surface area (Å²) >= 11 is 1.61. The molecule has 0 aliphatic heterocycles. The molecular formula is C18H22N2O3S. The molecule has 3 N–H and O–H groups in total. The van der Waals surface area contributed by atoms with Gasteiger partial charge in [0.25, 0.3) is 0 Å². The maximum absolute atomic E-state index is 12.0. The van der Waals surface area contributed by atoms with E-state index in [0.717, 1.165) is 16.9 Å². The first-order valence-electron chi connectivity index (χ1n) is 7.92. The third kappa shape index (κ3) is 4.91. The van der Waals surface area contributed by atoms with Crippen molar-refractivity contribution in [3.63, 3.8) is 0 Å². The summed E-state index contributed by atoms with van der Waals surface area (Å²) in [7, 11) is 0. The molecule has 2 rings (SSSR count). The highest BCUT2D eigenvalue weighted by molar-refractivity contribution is 7.13. The van der Waals surface area contributed by atoms with E-state index in [1.807, 2.05) is 49.6 Å². The molecule has 0 fully saturated rings. The average molecular weight is 346 g/mol. The lowest BCUT2D eigenvalue weighted by Gasteiger charge is -2.17. The van der Waals surface area contributed by atoms with Crippen LogP contribution in [-0.4, -0.2) is 29.6 Å². The van der Waals surface area contributed by atoms with Crippen LogP contribution in [0.2, 0.25) is 0 Å². The fraction of sp³-hybridized carbons (Fsp3) is 0.333. The number of hydrogen-bond acceptors (Lipinski definition) is 4. The molecule has 24 heavy (non-hydrogen) atoms. The lowest BCUT2D eigenvalue weighted by Crippen LogP contribution is -2.41. The first-order chi connectivity index (χ1) is 11.5. The quantitative estimate of drug-likeness (QED) is 0.704. The Hall–Kier alpha value is -2.18. The standard InChI is InChI=1S/C18H22N2O3S/c1-3-12(2)15(21)11-19-17(22)18(23)20-14-7-4-6-13(10-14)16-8-5-9-24-16/h4-10,12,15,21H,3,11H2,1-2H3,(H,19,22)(H,20,23). The van der Waals surface area contributed by atoms with Crippen LogP contribution in [0.3, 0.4) is 0 Å². The normalized spacial score (nSPS) is 13.1. The largest absolute Gasteiger partial charge is 0.391 e. The van der Waals surface area contributed by atoms with E-state index in [1.165, 1.54) is 0 Å². The fourth-order valence-corrected chi connectivity index (χ4v) is 2.86. The highest BCUT2D eigenvalue weighted by atomic mass is 32.1. The van der Waals surface area contributed by atoms with E-state index < -0.39 is 17.9 Å². The van der Waals surface area contributed by atoms with Crippen molar-refractivity contribution < 1.29 is 14.7 Å².